The van der Waals surface area contributed by atoms with Crippen LogP contribution in [0.1, 0.15) is 139 Å². The normalized spacial score (nSPS) is 22.2. The topological polar surface area (TPSA) is 12.0 Å². The Morgan fingerprint density at radius 1 is 0.643 bits per heavy atom. The number of fused-ring (bicyclic) bond motifs is 3. The van der Waals surface area contributed by atoms with Gasteiger partial charge in [-0.2, -0.15) is 0 Å². The largest absolute Gasteiger partial charge is 0.356 e. The molecule has 4 aliphatic carbocycles. The van der Waals surface area contributed by atoms with E-state index in [1.54, 1.807) is 16.7 Å². The van der Waals surface area contributed by atoms with Crippen molar-refractivity contribution < 1.29 is 0 Å². The molecular weight excluding hydrogens is 506 g/mol. The second-order valence-corrected chi connectivity index (χ2v) is 15.6. The molecule has 7 rings (SSSR count). The smallest absolute Gasteiger partial charge is 0.0387 e. The number of nitrogens with one attached hydrogen (secondary N) is 1. The molecule has 1 N–H and O–H groups in total. The number of hydrogen-bond acceptors (Lipinski definition) is 1. The summed E-state index contributed by atoms with van der Waals surface area (Å²) >= 11 is 0. The molecule has 1 nitrogen and oxygen atoms in total. The van der Waals surface area contributed by atoms with E-state index in [0.717, 1.165) is 18.8 Å². The van der Waals surface area contributed by atoms with Crippen LogP contribution in [0, 0.1) is 0 Å². The van der Waals surface area contributed by atoms with Gasteiger partial charge in [0.05, 0.1) is 0 Å². The van der Waals surface area contributed by atoms with Gasteiger partial charge in [-0.15, -0.1) is 0 Å². The van der Waals surface area contributed by atoms with Crippen molar-refractivity contribution in [2.75, 3.05) is 5.32 Å². The predicted octanol–water partition coefficient (Wildman–Crippen LogP) is 11.7. The van der Waals surface area contributed by atoms with Crippen LogP contribution in [0.25, 0.3) is 11.1 Å². The van der Waals surface area contributed by atoms with Crippen molar-refractivity contribution in [3.8, 4) is 0 Å². The van der Waals surface area contributed by atoms with Crippen LogP contribution in [0.4, 0.5) is 11.4 Å². The van der Waals surface area contributed by atoms with E-state index >= 15 is 0 Å². The number of anilines is 2. The molecule has 0 amide bonds. The van der Waals surface area contributed by atoms with Gasteiger partial charge in [0.2, 0.25) is 0 Å². The summed E-state index contributed by atoms with van der Waals surface area (Å²) in [5.41, 5.74) is 16.4. The maximum Gasteiger partial charge on any atom is 0.0387 e. The second-order valence-electron chi connectivity index (χ2n) is 15.6. The highest BCUT2D eigenvalue weighted by Crippen LogP contribution is 2.53. The zero-order valence-corrected chi connectivity index (χ0v) is 26.8. The van der Waals surface area contributed by atoms with Crippen LogP contribution in [0.5, 0.6) is 0 Å². The van der Waals surface area contributed by atoms with E-state index in [-0.39, 0.29) is 16.2 Å². The van der Waals surface area contributed by atoms with Crippen molar-refractivity contribution in [3.63, 3.8) is 0 Å². The Balaban J connectivity index is 1.17. The van der Waals surface area contributed by atoms with Crippen molar-refractivity contribution >= 4 is 22.5 Å². The molecule has 42 heavy (non-hydrogen) atoms. The van der Waals surface area contributed by atoms with Crippen molar-refractivity contribution in [1.82, 2.24) is 0 Å². The SMILES string of the molecule is CC1(C)CCC(C)(C)c2cc(C3=CC4=C(CC3)C(C)(C)c3cc(Nc5ccc(C6CCCCC6)cc5)ccc34)ccc21. The highest BCUT2D eigenvalue weighted by Gasteiger charge is 2.40. The highest BCUT2D eigenvalue weighted by atomic mass is 14.9. The first-order chi connectivity index (χ1) is 20.0. The standard InChI is InChI=1S/C41H49N/c1-39(2)22-23-40(3,4)38-25-30(15-21-36(38)39)29-14-20-35-34(24-29)33-19-18-32(26-37(33)41(35,5)6)42-31-16-12-28(13-17-31)27-10-8-7-9-11-27/h12-13,15-19,21,24-27,42H,7-11,14,20,22-23H2,1-6H3. The molecule has 0 radical (unpaired) electrons. The van der Waals surface area contributed by atoms with Gasteiger partial charge in [0.15, 0.2) is 0 Å². The first-order valence-electron chi connectivity index (χ1n) is 16.6. The lowest BCUT2D eigenvalue weighted by atomic mass is 9.62. The van der Waals surface area contributed by atoms with Crippen LogP contribution in [-0.4, -0.2) is 0 Å². The molecule has 4 aliphatic rings. The van der Waals surface area contributed by atoms with Gasteiger partial charge >= 0.3 is 0 Å². The zero-order valence-electron chi connectivity index (χ0n) is 26.8. The molecule has 218 valence electrons. The minimum absolute atomic E-state index is 0.0527. The Morgan fingerprint density at radius 2 is 1.33 bits per heavy atom. The molecule has 1 saturated carbocycles. The fourth-order valence-corrected chi connectivity index (χ4v) is 8.61. The van der Waals surface area contributed by atoms with Gasteiger partial charge in [-0.3, -0.25) is 0 Å². The van der Waals surface area contributed by atoms with E-state index in [1.165, 1.54) is 89.7 Å². The van der Waals surface area contributed by atoms with Crippen LogP contribution in [0.3, 0.4) is 0 Å². The molecular formula is C41H49N. The highest BCUT2D eigenvalue weighted by molar-refractivity contribution is 5.94. The van der Waals surface area contributed by atoms with Crippen molar-refractivity contribution in [1.29, 1.82) is 0 Å². The summed E-state index contributed by atoms with van der Waals surface area (Å²) in [4.78, 5) is 0. The Bertz CT molecular complexity index is 1580. The predicted molar refractivity (Wildman–Crippen MR) is 181 cm³/mol. The molecule has 0 aromatic heterocycles. The van der Waals surface area contributed by atoms with Gasteiger partial charge in [0.1, 0.15) is 0 Å². The Labute approximate surface area is 254 Å². The lowest BCUT2D eigenvalue weighted by Crippen LogP contribution is -2.33. The summed E-state index contributed by atoms with van der Waals surface area (Å²) in [6, 6.07) is 23.7. The molecule has 0 aliphatic heterocycles. The molecule has 0 saturated heterocycles. The zero-order chi connectivity index (χ0) is 29.3. The molecule has 3 aromatic carbocycles. The van der Waals surface area contributed by atoms with Crippen LogP contribution >= 0.6 is 0 Å². The van der Waals surface area contributed by atoms with Gasteiger partial charge in [-0.25, -0.2) is 0 Å². The van der Waals surface area contributed by atoms with E-state index in [9.17, 15) is 0 Å². The summed E-state index contributed by atoms with van der Waals surface area (Å²) in [7, 11) is 0. The second kappa shape index (κ2) is 10.0. The maximum atomic E-state index is 3.73. The molecule has 0 spiro atoms. The summed E-state index contributed by atoms with van der Waals surface area (Å²) in [6.45, 7) is 14.6. The van der Waals surface area contributed by atoms with Crippen LogP contribution in [0.2, 0.25) is 0 Å². The fourth-order valence-electron chi connectivity index (χ4n) is 8.61. The Hall–Kier alpha value is -3.06. The molecule has 3 aromatic rings. The van der Waals surface area contributed by atoms with Crippen LogP contribution in [-0.2, 0) is 16.2 Å². The molecule has 1 heteroatoms. The molecule has 0 atom stereocenters. The average Bonchev–Trinajstić information content (AvgIpc) is 3.21. The minimum Gasteiger partial charge on any atom is -0.356 e. The van der Waals surface area contributed by atoms with Crippen molar-refractivity contribution in [2.45, 2.75) is 121 Å². The van der Waals surface area contributed by atoms with Crippen LogP contribution in [0.15, 0.2) is 72.3 Å². The number of hydrogen-bond donors (Lipinski definition) is 1. The van der Waals surface area contributed by atoms with Gasteiger partial charge in [0.25, 0.3) is 0 Å². The minimum atomic E-state index is 0.0527. The summed E-state index contributed by atoms with van der Waals surface area (Å²) in [5, 5.41) is 3.73. The van der Waals surface area contributed by atoms with E-state index < -0.39 is 0 Å². The first kappa shape index (κ1) is 27.8. The maximum absolute atomic E-state index is 3.73. The quantitative estimate of drug-likeness (QED) is 0.337. The third-order valence-electron chi connectivity index (χ3n) is 11.5. The fraction of sp³-hybridized carbons (Fsp3) is 0.463. The van der Waals surface area contributed by atoms with Crippen LogP contribution < -0.4 is 5.32 Å². The van der Waals surface area contributed by atoms with E-state index in [1.807, 2.05) is 0 Å². The van der Waals surface area contributed by atoms with E-state index in [2.05, 4.69) is 114 Å². The Kier molecular flexibility index (Phi) is 6.61. The van der Waals surface area contributed by atoms with Crippen molar-refractivity contribution in [3.05, 3.63) is 106 Å². The number of benzene rings is 3. The third-order valence-corrected chi connectivity index (χ3v) is 11.5. The number of rotatable bonds is 4. The summed E-state index contributed by atoms with van der Waals surface area (Å²) in [5.74, 6) is 0.753. The molecule has 0 bridgehead atoms. The molecule has 1 fully saturated rings. The van der Waals surface area contributed by atoms with Gasteiger partial charge in [-0.05, 0) is 124 Å². The molecule has 0 unspecified atom stereocenters. The third kappa shape index (κ3) is 4.68. The summed E-state index contributed by atoms with van der Waals surface area (Å²) in [6.07, 6.45) is 14.2. The van der Waals surface area contributed by atoms with Gasteiger partial charge in [-0.1, -0.05) is 109 Å². The molecule has 0 heterocycles. The van der Waals surface area contributed by atoms with E-state index in [0.29, 0.717) is 0 Å². The first-order valence-corrected chi connectivity index (χ1v) is 16.6. The van der Waals surface area contributed by atoms with Gasteiger partial charge < -0.3 is 5.32 Å². The average molecular weight is 556 g/mol. The van der Waals surface area contributed by atoms with Crippen molar-refractivity contribution in [2.24, 2.45) is 0 Å². The lowest BCUT2D eigenvalue weighted by molar-refractivity contribution is 0.332. The van der Waals surface area contributed by atoms with Gasteiger partial charge in [0, 0.05) is 16.8 Å². The summed E-state index contributed by atoms with van der Waals surface area (Å²) < 4.78 is 0. The number of allylic oxidation sites excluding steroid dienone is 4. The lowest BCUT2D eigenvalue weighted by Gasteiger charge is -2.42. The Morgan fingerprint density at radius 3 is 2.07 bits per heavy atom. The van der Waals surface area contributed by atoms with E-state index in [4.69, 9.17) is 0 Å². The monoisotopic (exact) mass is 555 g/mol.